The van der Waals surface area contributed by atoms with Crippen molar-refractivity contribution >= 4 is 0 Å². The molecule has 0 bridgehead atoms. The average molecular weight is 299 g/mol. The van der Waals surface area contributed by atoms with Crippen LogP contribution in [0.4, 0.5) is 0 Å². The molecule has 0 N–H and O–H groups in total. The summed E-state index contributed by atoms with van der Waals surface area (Å²) >= 11 is 0. The second kappa shape index (κ2) is 5.81. The van der Waals surface area contributed by atoms with Gasteiger partial charge in [-0.3, -0.25) is 19.5 Å². The lowest BCUT2D eigenvalue weighted by Crippen LogP contribution is -1.96. The lowest BCUT2D eigenvalue weighted by atomic mass is 10.2. The number of hydrogen-bond donors (Lipinski definition) is 0. The molecule has 5 heteroatoms. The zero-order valence-electron chi connectivity index (χ0n) is 12.2. The first-order valence-corrected chi connectivity index (χ1v) is 7.22. The molecular weight excluding hydrogens is 286 g/mol. The smallest absolute Gasteiger partial charge is 0.145 e. The molecule has 110 valence electrons. The summed E-state index contributed by atoms with van der Waals surface area (Å²) in [5.74, 6) is 0.866. The van der Waals surface area contributed by atoms with Crippen molar-refractivity contribution in [2.75, 3.05) is 0 Å². The summed E-state index contributed by atoms with van der Waals surface area (Å²) < 4.78 is 2.06. The van der Waals surface area contributed by atoms with E-state index in [-0.39, 0.29) is 0 Å². The molecule has 0 saturated heterocycles. The Morgan fingerprint density at radius 2 is 1.13 bits per heavy atom. The van der Waals surface area contributed by atoms with Gasteiger partial charge in [0.05, 0.1) is 11.4 Å². The van der Waals surface area contributed by atoms with Crippen LogP contribution in [0, 0.1) is 0 Å². The molecule has 4 aromatic rings. The van der Waals surface area contributed by atoms with Gasteiger partial charge in [0.25, 0.3) is 0 Å². The van der Waals surface area contributed by atoms with Crippen LogP contribution in [0.1, 0.15) is 0 Å². The van der Waals surface area contributed by atoms with Crippen molar-refractivity contribution in [3.05, 3.63) is 79.8 Å². The number of aromatic nitrogens is 5. The van der Waals surface area contributed by atoms with Gasteiger partial charge in [-0.15, -0.1) is 0 Å². The predicted octanol–water partition coefficient (Wildman–Crippen LogP) is 3.39. The molecule has 0 atom stereocenters. The summed E-state index contributed by atoms with van der Waals surface area (Å²) in [6.07, 6.45) is 12.7. The van der Waals surface area contributed by atoms with Crippen LogP contribution in [0.5, 0.6) is 0 Å². The summed E-state index contributed by atoms with van der Waals surface area (Å²) in [6, 6.07) is 11.7. The van der Waals surface area contributed by atoms with Crippen LogP contribution < -0.4 is 0 Å². The number of nitrogens with zero attached hydrogens (tertiary/aromatic N) is 5. The topological polar surface area (TPSA) is 56.5 Å². The Morgan fingerprint density at radius 1 is 0.609 bits per heavy atom. The fourth-order valence-corrected chi connectivity index (χ4v) is 2.45. The normalized spacial score (nSPS) is 10.6. The van der Waals surface area contributed by atoms with Crippen LogP contribution in [0.2, 0.25) is 0 Å². The van der Waals surface area contributed by atoms with Crippen LogP contribution in [-0.4, -0.2) is 24.5 Å². The van der Waals surface area contributed by atoms with Crippen LogP contribution in [0.25, 0.3) is 28.3 Å². The van der Waals surface area contributed by atoms with E-state index in [9.17, 15) is 0 Å². The highest BCUT2D eigenvalue weighted by atomic mass is 15.1. The fourth-order valence-electron chi connectivity index (χ4n) is 2.45. The largest absolute Gasteiger partial charge is 0.299 e. The minimum Gasteiger partial charge on any atom is -0.299 e. The Bertz CT molecular complexity index is 845. The minimum atomic E-state index is 0.866. The molecule has 0 spiro atoms. The Balaban J connectivity index is 1.91. The van der Waals surface area contributed by atoms with Gasteiger partial charge >= 0.3 is 0 Å². The van der Waals surface area contributed by atoms with E-state index in [0.717, 1.165) is 28.3 Å². The highest BCUT2D eigenvalue weighted by molar-refractivity contribution is 5.66. The van der Waals surface area contributed by atoms with Crippen LogP contribution in [0.3, 0.4) is 0 Å². The average Bonchev–Trinajstić information content (AvgIpc) is 3.09. The van der Waals surface area contributed by atoms with E-state index in [2.05, 4.69) is 19.5 Å². The van der Waals surface area contributed by atoms with Crippen molar-refractivity contribution < 1.29 is 0 Å². The van der Waals surface area contributed by atoms with Crippen molar-refractivity contribution in [1.82, 2.24) is 24.5 Å². The molecule has 23 heavy (non-hydrogen) atoms. The fraction of sp³-hybridized carbons (Fsp3) is 0. The number of rotatable bonds is 3. The molecule has 0 unspecified atom stereocenters. The summed E-state index contributed by atoms with van der Waals surface area (Å²) in [5, 5.41) is 0. The summed E-state index contributed by atoms with van der Waals surface area (Å²) in [6.45, 7) is 0. The third kappa shape index (κ3) is 2.60. The number of hydrogen-bond acceptors (Lipinski definition) is 4. The van der Waals surface area contributed by atoms with Gasteiger partial charge < -0.3 is 0 Å². The molecule has 0 radical (unpaired) electrons. The molecule has 0 aliphatic heterocycles. The van der Waals surface area contributed by atoms with Crippen molar-refractivity contribution in [1.29, 1.82) is 0 Å². The van der Waals surface area contributed by atoms with Gasteiger partial charge in [-0.2, -0.15) is 0 Å². The molecule has 5 nitrogen and oxygen atoms in total. The first kappa shape index (κ1) is 13.3. The highest BCUT2D eigenvalue weighted by Gasteiger charge is 2.12. The van der Waals surface area contributed by atoms with Gasteiger partial charge in [0, 0.05) is 54.5 Å². The predicted molar refractivity (Wildman–Crippen MR) is 87.8 cm³/mol. The highest BCUT2D eigenvalue weighted by Crippen LogP contribution is 2.26. The quantitative estimate of drug-likeness (QED) is 0.582. The van der Waals surface area contributed by atoms with E-state index in [0.29, 0.717) is 0 Å². The molecule has 0 aliphatic carbocycles. The molecule has 0 amide bonds. The second-order valence-corrected chi connectivity index (χ2v) is 5.00. The summed E-state index contributed by atoms with van der Waals surface area (Å²) in [7, 11) is 0. The number of pyridine rings is 3. The molecule has 0 fully saturated rings. The molecule has 4 rings (SSSR count). The van der Waals surface area contributed by atoms with E-state index in [1.54, 1.807) is 37.2 Å². The van der Waals surface area contributed by atoms with Gasteiger partial charge in [0.15, 0.2) is 0 Å². The number of imidazole rings is 1. The zero-order chi connectivity index (χ0) is 15.5. The molecular formula is C18H13N5. The molecule has 0 aromatic carbocycles. The van der Waals surface area contributed by atoms with Crippen molar-refractivity contribution in [2.45, 2.75) is 0 Å². The van der Waals surface area contributed by atoms with E-state index in [4.69, 9.17) is 4.98 Å². The van der Waals surface area contributed by atoms with Crippen LogP contribution >= 0.6 is 0 Å². The van der Waals surface area contributed by atoms with Crippen LogP contribution in [0.15, 0.2) is 79.8 Å². The molecule has 0 saturated carbocycles. The Hall–Kier alpha value is -3.34. The third-order valence-electron chi connectivity index (χ3n) is 3.56. The van der Waals surface area contributed by atoms with Gasteiger partial charge in [0.2, 0.25) is 0 Å². The molecule has 4 heterocycles. The van der Waals surface area contributed by atoms with E-state index >= 15 is 0 Å². The van der Waals surface area contributed by atoms with E-state index < -0.39 is 0 Å². The van der Waals surface area contributed by atoms with Gasteiger partial charge in [-0.25, -0.2) is 4.98 Å². The standard InChI is InChI=1S/C18H13N5/c1-7-19-8-2-14(1)17-13-23(16-5-11-21-12-6-16)18(22-17)15-3-9-20-10-4-15/h1-13H. The lowest BCUT2D eigenvalue weighted by Gasteiger charge is -2.06. The maximum atomic E-state index is 4.81. The first-order chi connectivity index (χ1) is 11.4. The summed E-state index contributed by atoms with van der Waals surface area (Å²) in [5.41, 5.74) is 3.95. The van der Waals surface area contributed by atoms with Crippen LogP contribution in [-0.2, 0) is 0 Å². The maximum Gasteiger partial charge on any atom is 0.145 e. The monoisotopic (exact) mass is 299 g/mol. The van der Waals surface area contributed by atoms with Crippen molar-refractivity contribution in [2.24, 2.45) is 0 Å². The van der Waals surface area contributed by atoms with E-state index in [1.807, 2.05) is 42.6 Å². The van der Waals surface area contributed by atoms with Gasteiger partial charge in [-0.05, 0) is 36.4 Å². The lowest BCUT2D eigenvalue weighted by molar-refractivity contribution is 1.06. The summed E-state index contributed by atoms with van der Waals surface area (Å²) in [4.78, 5) is 17.0. The first-order valence-electron chi connectivity index (χ1n) is 7.22. The third-order valence-corrected chi connectivity index (χ3v) is 3.56. The Morgan fingerprint density at radius 3 is 1.74 bits per heavy atom. The van der Waals surface area contributed by atoms with Gasteiger partial charge in [-0.1, -0.05) is 0 Å². The Labute approximate surface area is 133 Å². The Kier molecular flexibility index (Phi) is 3.37. The molecule has 0 aliphatic rings. The zero-order valence-corrected chi connectivity index (χ0v) is 12.2. The van der Waals surface area contributed by atoms with Crippen molar-refractivity contribution in [3.8, 4) is 28.3 Å². The maximum absolute atomic E-state index is 4.81. The van der Waals surface area contributed by atoms with Crippen molar-refractivity contribution in [3.63, 3.8) is 0 Å². The van der Waals surface area contributed by atoms with Gasteiger partial charge in [0.1, 0.15) is 5.82 Å². The van der Waals surface area contributed by atoms with E-state index in [1.165, 1.54) is 0 Å². The SMILES string of the molecule is c1cc(-c2cn(-c3ccncc3)c(-c3ccncc3)n2)ccn1. The minimum absolute atomic E-state index is 0.866. The second-order valence-electron chi connectivity index (χ2n) is 5.00. The molecule has 4 aromatic heterocycles.